The molecule has 21 aliphatic heterocycles. The van der Waals surface area contributed by atoms with E-state index >= 15 is 0 Å². The molecular weight excluding hydrogens is 1190 g/mol. The van der Waals surface area contributed by atoms with Gasteiger partial charge in [-0.05, 0) is 0 Å². The van der Waals surface area contributed by atoms with Gasteiger partial charge in [-0.15, -0.1) is 0 Å². The first-order valence-corrected chi connectivity index (χ1v) is 24.6. The van der Waals surface area contributed by atoms with Crippen molar-refractivity contribution in [1.82, 2.24) is 0 Å². The topological polar surface area (TPSA) is 554 Å². The van der Waals surface area contributed by atoms with Crippen molar-refractivity contribution in [2.45, 2.75) is 215 Å². The Labute approximate surface area is 457 Å². The van der Waals surface area contributed by atoms with Gasteiger partial charge in [-0.3, -0.25) is 0 Å². The standard InChI is InChI=1S/C42H70O35.Te/c43-1-8-29-15(50)22(57)36(64-8)72-30-9(2-44)66-38(24(59)17(30)52)74-32-11(4-46)68-40(26(61)19(32)54)76-34-13(6-48)70-42(28(63)21(34)56)77-35-14(7-49)69-41(27(62)20(35)55)75-33-12(5-47)67-39(25(60)18(33)53)73-31-10(3-45)65-37(71-29)23(58)16(31)51;/h8-63H,1-7H2;/t8-,9-,10-,11-,12-,13-,14-,15-,16-,17-,18-,19+,20+,21+,22-,23-,24-,25-,26+,27+,28+,29-,30-,31-,32-,33-,34-,35-,36-,37-,38-,39-,40-,41-,42-;/m1./s1. The fraction of sp³-hybridized carbons (Fsp3) is 1.00. The molecule has 2 radical (unpaired) electrons. The number of aliphatic hydroxyl groups excluding tert-OH is 21. The minimum absolute atomic E-state index is 0. The molecule has 21 rings (SSSR count). The normalized spacial score (nSPS) is 54.7. The summed E-state index contributed by atoms with van der Waals surface area (Å²) in [5.41, 5.74) is 0. The Kier molecular flexibility index (Phi) is 23.0. The summed E-state index contributed by atoms with van der Waals surface area (Å²) in [4.78, 5) is 0. The Morgan fingerprint density at radius 2 is 0.269 bits per heavy atom. The molecule has 36 heteroatoms. The maximum absolute atomic E-state index is 11.3. The van der Waals surface area contributed by atoms with Crippen molar-refractivity contribution in [1.29, 1.82) is 0 Å². The van der Waals surface area contributed by atoms with Crippen molar-refractivity contribution in [3.05, 3.63) is 0 Å². The van der Waals surface area contributed by atoms with Crippen LogP contribution in [0.15, 0.2) is 0 Å². The van der Waals surface area contributed by atoms with Gasteiger partial charge in [-0.2, -0.15) is 0 Å². The van der Waals surface area contributed by atoms with Crippen molar-refractivity contribution in [2.75, 3.05) is 46.2 Å². The SMILES string of the molecule is OC[C@H]1O[C@@H]2O[C@H]3[C@H](O)[C@@H](O)[C@@H](O[C@H]4[C@H](O)[C@@H](O)[C@@H](O[C@H]5[C@H](O)[C@@H](O)[C@@H](O[C@H]6[C@@H](O)[C@H](O)[C@@H](O[C@H]7[C@@H](O)[C@H](O)[C@@H](O[C@H]8[C@@H](O)[C@H](O)[C@@H](O[C@H]1[C@H](O)[C@H]2O)O[C@@H]8CO)O[C@@H]7CO)O[C@@H]6CO)O[C@@H]5CO)O[C@@H]4CO)O[C@@H]3CO.[Te]. The molecule has 0 saturated carbocycles. The molecular formula is C42H70O35Te. The van der Waals surface area contributed by atoms with Gasteiger partial charge in [0.1, 0.15) is 171 Å². The Morgan fingerprint density at radius 1 is 0.167 bits per heavy atom. The maximum Gasteiger partial charge on any atom is 0.187 e. The van der Waals surface area contributed by atoms with Gasteiger partial charge in [0, 0.05) is 23.7 Å². The van der Waals surface area contributed by atoms with Crippen LogP contribution in [0.4, 0.5) is 0 Å². The summed E-state index contributed by atoms with van der Waals surface area (Å²) in [5, 5.41) is 230. The second-order valence-corrected chi connectivity index (χ2v) is 19.7. The summed E-state index contributed by atoms with van der Waals surface area (Å²) >= 11 is 0. The molecule has 35 nitrogen and oxygen atoms in total. The third-order valence-electron chi connectivity index (χ3n) is 14.8. The Balaban J connectivity index is 0.00000882. The van der Waals surface area contributed by atoms with Gasteiger partial charge in [-0.25, -0.2) is 0 Å². The predicted octanol–water partition coefficient (Wildman–Crippen LogP) is -15.6. The first-order chi connectivity index (χ1) is 36.7. The number of hydrogen-bond acceptors (Lipinski definition) is 35. The van der Waals surface area contributed by atoms with E-state index < -0.39 is 261 Å². The number of aliphatic hydroxyl groups is 21. The molecule has 21 heterocycles. The number of ether oxygens (including phenoxy) is 14. The zero-order valence-electron chi connectivity index (χ0n) is 40.7. The molecule has 21 N–H and O–H groups in total. The van der Waals surface area contributed by atoms with Crippen LogP contribution >= 0.6 is 0 Å². The molecule has 0 spiro atoms. The summed E-state index contributed by atoms with van der Waals surface area (Å²) < 4.78 is 79.5. The molecule has 454 valence electrons. The van der Waals surface area contributed by atoms with E-state index in [0.29, 0.717) is 0 Å². The van der Waals surface area contributed by atoms with Crippen molar-refractivity contribution in [2.24, 2.45) is 0 Å². The van der Waals surface area contributed by atoms with Crippen LogP contribution in [-0.4, -0.2) is 392 Å². The van der Waals surface area contributed by atoms with E-state index in [9.17, 15) is 107 Å². The smallest absolute Gasteiger partial charge is 0.187 e. The van der Waals surface area contributed by atoms with Crippen LogP contribution in [0.25, 0.3) is 0 Å². The van der Waals surface area contributed by atoms with E-state index in [1.165, 1.54) is 0 Å². The van der Waals surface area contributed by atoms with Crippen LogP contribution in [0.3, 0.4) is 0 Å². The fourth-order valence-corrected chi connectivity index (χ4v) is 10.4. The monoisotopic (exact) mass is 1260 g/mol. The van der Waals surface area contributed by atoms with E-state index in [4.69, 9.17) is 66.3 Å². The molecule has 0 aromatic heterocycles. The van der Waals surface area contributed by atoms with E-state index in [1.807, 2.05) is 0 Å². The summed E-state index contributed by atoms with van der Waals surface area (Å²) in [6.45, 7) is -7.33. The average molecular weight is 1260 g/mol. The van der Waals surface area contributed by atoms with Crippen LogP contribution in [-0.2, 0) is 66.3 Å². The summed E-state index contributed by atoms with van der Waals surface area (Å²) in [6, 6.07) is 0. The van der Waals surface area contributed by atoms with Gasteiger partial charge in [-0.1, -0.05) is 0 Å². The van der Waals surface area contributed by atoms with Crippen molar-refractivity contribution in [3.8, 4) is 0 Å². The predicted molar refractivity (Wildman–Crippen MR) is 234 cm³/mol. The summed E-state index contributed by atoms with van der Waals surface area (Å²) in [6.07, 6.45) is -70.2. The second-order valence-electron chi connectivity index (χ2n) is 19.7. The maximum atomic E-state index is 11.3. The number of hydrogen-bond donors (Lipinski definition) is 21. The largest absolute Gasteiger partial charge is 0.394 e. The second kappa shape index (κ2) is 27.6. The zero-order valence-corrected chi connectivity index (χ0v) is 43.0. The third kappa shape index (κ3) is 12.7. The van der Waals surface area contributed by atoms with Gasteiger partial charge in [0.05, 0.1) is 46.2 Å². The molecule has 0 amide bonds. The van der Waals surface area contributed by atoms with Gasteiger partial charge in [0.15, 0.2) is 44.0 Å². The number of rotatable bonds is 7. The van der Waals surface area contributed by atoms with E-state index in [0.717, 1.165) is 0 Å². The minimum Gasteiger partial charge on any atom is -0.394 e. The van der Waals surface area contributed by atoms with Crippen molar-refractivity contribution < 1.29 is 174 Å². The summed E-state index contributed by atoms with van der Waals surface area (Å²) in [5.74, 6) is 0. The molecule has 21 aliphatic rings. The van der Waals surface area contributed by atoms with E-state index in [-0.39, 0.29) is 23.7 Å². The van der Waals surface area contributed by atoms with Gasteiger partial charge in [0.2, 0.25) is 0 Å². The van der Waals surface area contributed by atoms with Crippen LogP contribution in [0, 0.1) is 0 Å². The first kappa shape index (κ1) is 64.9. The zero-order chi connectivity index (χ0) is 56.1. The average Bonchev–Trinajstić information content (AvgIpc) is 3.51. The van der Waals surface area contributed by atoms with E-state index in [2.05, 4.69) is 0 Å². The molecule has 0 aromatic carbocycles. The molecule has 0 aliphatic carbocycles. The first-order valence-electron chi connectivity index (χ1n) is 24.6. The van der Waals surface area contributed by atoms with Crippen LogP contribution in [0.5, 0.6) is 0 Å². The molecule has 78 heavy (non-hydrogen) atoms. The quantitative estimate of drug-likeness (QED) is 0.105. The molecule has 35 atom stereocenters. The van der Waals surface area contributed by atoms with Crippen LogP contribution < -0.4 is 0 Å². The van der Waals surface area contributed by atoms with Gasteiger partial charge in [0.25, 0.3) is 0 Å². The van der Waals surface area contributed by atoms with Crippen LogP contribution in [0.1, 0.15) is 0 Å². The molecule has 0 unspecified atom stereocenters. The van der Waals surface area contributed by atoms with Crippen LogP contribution in [0.2, 0.25) is 0 Å². The Morgan fingerprint density at radius 3 is 0.359 bits per heavy atom. The molecule has 21 fully saturated rings. The van der Waals surface area contributed by atoms with E-state index in [1.54, 1.807) is 0 Å². The fourth-order valence-electron chi connectivity index (χ4n) is 10.4. The van der Waals surface area contributed by atoms with Crippen molar-refractivity contribution >= 4 is 23.7 Å². The van der Waals surface area contributed by atoms with Gasteiger partial charge >= 0.3 is 0 Å². The Hall–Kier alpha value is -0.610. The molecule has 0 aromatic rings. The van der Waals surface area contributed by atoms with Crippen molar-refractivity contribution in [3.63, 3.8) is 0 Å². The molecule has 14 bridgehead atoms. The minimum atomic E-state index is -2.21. The Bertz CT molecular complexity index is 1470. The van der Waals surface area contributed by atoms with Gasteiger partial charge < -0.3 is 174 Å². The third-order valence-corrected chi connectivity index (χ3v) is 14.8. The summed E-state index contributed by atoms with van der Waals surface area (Å²) in [7, 11) is 0. The molecule has 21 saturated heterocycles.